The maximum atomic E-state index is 12.8. The Morgan fingerprint density at radius 2 is 1.62 bits per heavy atom. The molecule has 0 amide bonds. The second-order valence-electron chi connectivity index (χ2n) is 8.20. The number of aryl methyl sites for hydroxylation is 2. The Kier molecular flexibility index (Phi) is 4.84. The molecule has 1 aliphatic carbocycles. The van der Waals surface area contributed by atoms with Gasteiger partial charge in [-0.1, -0.05) is 0 Å². The van der Waals surface area contributed by atoms with E-state index in [1.807, 2.05) is 25.1 Å². The first kappa shape index (κ1) is 20.4. The molecular weight excluding hydrogens is 412 g/mol. The van der Waals surface area contributed by atoms with Crippen molar-refractivity contribution in [1.29, 1.82) is 0 Å². The standard InChI is InChI=1S/C25H24O7/c1-12-8-17-22(14-6-5-7-15(14)25(27)31-17)24-21(12)16(11-20(26)32-24)13-9-18(28-2)23(30-4)19(10-13)29-3/h8-10,16H,5-7,11H2,1-4H3/t16-/m1/s1. The van der Waals surface area contributed by atoms with Gasteiger partial charge < -0.3 is 23.4 Å². The summed E-state index contributed by atoms with van der Waals surface area (Å²) in [6.07, 6.45) is 2.50. The Labute approximate surface area is 184 Å². The fourth-order valence-electron chi connectivity index (χ4n) is 5.10. The number of carbonyl (C=O) groups is 1. The van der Waals surface area contributed by atoms with Crippen LogP contribution in [0.25, 0.3) is 11.0 Å². The molecule has 1 atom stereocenters. The van der Waals surface area contributed by atoms with E-state index in [4.69, 9.17) is 23.4 Å². The zero-order valence-corrected chi connectivity index (χ0v) is 18.5. The van der Waals surface area contributed by atoms with Crippen LogP contribution >= 0.6 is 0 Å². The largest absolute Gasteiger partial charge is 0.493 e. The lowest BCUT2D eigenvalue weighted by atomic mass is 9.82. The predicted molar refractivity (Wildman–Crippen MR) is 117 cm³/mol. The number of rotatable bonds is 4. The summed E-state index contributed by atoms with van der Waals surface area (Å²) in [6.45, 7) is 1.94. The van der Waals surface area contributed by atoms with E-state index in [9.17, 15) is 9.59 Å². The van der Waals surface area contributed by atoms with E-state index in [1.54, 1.807) is 21.3 Å². The SMILES string of the molecule is COc1cc([C@H]2CC(=O)Oc3c2c(C)cc2oc(=O)c4c(c32)CCC4)cc(OC)c1OC. The number of esters is 1. The Balaban J connectivity index is 1.79. The molecule has 3 aromatic rings. The summed E-state index contributed by atoms with van der Waals surface area (Å²) in [4.78, 5) is 25.2. The normalized spacial score (nSPS) is 17.0. The first-order valence-electron chi connectivity index (χ1n) is 10.6. The van der Waals surface area contributed by atoms with Gasteiger partial charge in [-0.2, -0.15) is 0 Å². The van der Waals surface area contributed by atoms with Crippen LogP contribution in [-0.2, 0) is 17.6 Å². The van der Waals surface area contributed by atoms with Crippen molar-refractivity contribution < 1.29 is 28.2 Å². The average molecular weight is 436 g/mol. The highest BCUT2D eigenvalue weighted by atomic mass is 16.5. The van der Waals surface area contributed by atoms with Crippen LogP contribution in [0.4, 0.5) is 0 Å². The maximum absolute atomic E-state index is 12.8. The zero-order chi connectivity index (χ0) is 22.6. The van der Waals surface area contributed by atoms with Crippen molar-refractivity contribution in [1.82, 2.24) is 0 Å². The van der Waals surface area contributed by atoms with Gasteiger partial charge in [-0.05, 0) is 61.1 Å². The van der Waals surface area contributed by atoms with Crippen LogP contribution in [0.5, 0.6) is 23.0 Å². The minimum atomic E-state index is -0.332. The van der Waals surface area contributed by atoms with Gasteiger partial charge in [-0.15, -0.1) is 0 Å². The summed E-state index contributed by atoms with van der Waals surface area (Å²) in [6, 6.07) is 5.61. The van der Waals surface area contributed by atoms with Gasteiger partial charge in [-0.3, -0.25) is 4.79 Å². The van der Waals surface area contributed by atoms with Crippen LogP contribution in [0, 0.1) is 6.92 Å². The fraction of sp³-hybridized carbons (Fsp3) is 0.360. The molecule has 0 fully saturated rings. The first-order chi connectivity index (χ1) is 15.5. The highest BCUT2D eigenvalue weighted by molar-refractivity contribution is 5.95. The smallest absolute Gasteiger partial charge is 0.339 e. The molecule has 1 aliphatic heterocycles. The number of benzene rings is 2. The Hall–Kier alpha value is -3.48. The number of methoxy groups -OCH3 is 3. The van der Waals surface area contributed by atoms with Crippen LogP contribution in [-0.4, -0.2) is 27.3 Å². The Morgan fingerprint density at radius 1 is 0.938 bits per heavy atom. The van der Waals surface area contributed by atoms with Gasteiger partial charge in [-0.25, -0.2) is 4.79 Å². The molecule has 1 aromatic heterocycles. The molecule has 0 bridgehead atoms. The van der Waals surface area contributed by atoms with Crippen LogP contribution in [0.1, 0.15) is 46.6 Å². The highest BCUT2D eigenvalue weighted by Crippen LogP contribution is 2.49. The van der Waals surface area contributed by atoms with E-state index in [-0.39, 0.29) is 23.9 Å². The summed E-state index contributed by atoms with van der Waals surface area (Å²) in [5.41, 5.74) is 4.45. The van der Waals surface area contributed by atoms with Crippen LogP contribution in [0.2, 0.25) is 0 Å². The molecule has 2 aliphatic rings. The lowest BCUT2D eigenvalue weighted by molar-refractivity contribution is -0.135. The van der Waals surface area contributed by atoms with Crippen molar-refractivity contribution in [3.63, 3.8) is 0 Å². The van der Waals surface area contributed by atoms with Crippen molar-refractivity contribution in [3.8, 4) is 23.0 Å². The number of fused-ring (bicyclic) bond motifs is 5. The van der Waals surface area contributed by atoms with Crippen molar-refractivity contribution in [3.05, 3.63) is 56.4 Å². The van der Waals surface area contributed by atoms with Gasteiger partial charge in [0.25, 0.3) is 0 Å². The van der Waals surface area contributed by atoms with Crippen molar-refractivity contribution in [2.75, 3.05) is 21.3 Å². The van der Waals surface area contributed by atoms with E-state index >= 15 is 0 Å². The molecule has 0 radical (unpaired) electrons. The molecule has 0 N–H and O–H groups in total. The molecule has 7 nitrogen and oxygen atoms in total. The maximum Gasteiger partial charge on any atom is 0.339 e. The third kappa shape index (κ3) is 2.95. The van der Waals surface area contributed by atoms with Gasteiger partial charge in [0, 0.05) is 17.0 Å². The van der Waals surface area contributed by atoms with Gasteiger partial charge in [0.05, 0.1) is 33.1 Å². The first-order valence-corrected chi connectivity index (χ1v) is 10.6. The number of ether oxygens (including phenoxy) is 4. The minimum absolute atomic E-state index is 0.178. The lowest BCUT2D eigenvalue weighted by Crippen LogP contribution is -2.23. The third-order valence-electron chi connectivity index (χ3n) is 6.48. The van der Waals surface area contributed by atoms with Crippen molar-refractivity contribution >= 4 is 16.9 Å². The molecule has 32 heavy (non-hydrogen) atoms. The fourth-order valence-corrected chi connectivity index (χ4v) is 5.10. The second kappa shape index (κ2) is 7.58. The Morgan fingerprint density at radius 3 is 2.28 bits per heavy atom. The quantitative estimate of drug-likeness (QED) is 0.346. The van der Waals surface area contributed by atoms with Crippen LogP contribution < -0.4 is 24.6 Å². The molecule has 5 rings (SSSR count). The zero-order valence-electron chi connectivity index (χ0n) is 18.5. The molecular formula is C25H24O7. The topological polar surface area (TPSA) is 84.2 Å². The van der Waals surface area contributed by atoms with Gasteiger partial charge in [0.1, 0.15) is 11.3 Å². The van der Waals surface area contributed by atoms with Crippen molar-refractivity contribution in [2.24, 2.45) is 0 Å². The summed E-state index contributed by atoms with van der Waals surface area (Å²) < 4.78 is 27.9. The molecule has 0 saturated carbocycles. The second-order valence-corrected chi connectivity index (χ2v) is 8.20. The average Bonchev–Trinajstić information content (AvgIpc) is 3.27. The van der Waals surface area contributed by atoms with E-state index < -0.39 is 0 Å². The molecule has 2 aromatic carbocycles. The number of carbonyl (C=O) groups excluding carboxylic acids is 1. The lowest BCUT2D eigenvalue weighted by Gasteiger charge is -2.29. The van der Waals surface area contributed by atoms with Gasteiger partial charge >= 0.3 is 11.6 Å². The summed E-state index contributed by atoms with van der Waals surface area (Å²) >= 11 is 0. The predicted octanol–water partition coefficient (Wildman–Crippen LogP) is 4.06. The van der Waals surface area contributed by atoms with Gasteiger partial charge in [0.15, 0.2) is 11.5 Å². The highest BCUT2D eigenvalue weighted by Gasteiger charge is 2.35. The number of hydrogen-bond acceptors (Lipinski definition) is 7. The van der Waals surface area contributed by atoms with E-state index in [0.29, 0.717) is 40.6 Å². The van der Waals surface area contributed by atoms with E-state index in [0.717, 1.165) is 40.5 Å². The van der Waals surface area contributed by atoms with E-state index in [1.165, 1.54) is 0 Å². The van der Waals surface area contributed by atoms with Crippen molar-refractivity contribution in [2.45, 2.75) is 38.5 Å². The molecule has 0 spiro atoms. The molecule has 7 heteroatoms. The Bertz CT molecular complexity index is 1290. The summed E-state index contributed by atoms with van der Waals surface area (Å²) in [5, 5.41) is 0.739. The monoisotopic (exact) mass is 436 g/mol. The van der Waals surface area contributed by atoms with Crippen LogP contribution in [0.3, 0.4) is 0 Å². The van der Waals surface area contributed by atoms with Gasteiger partial charge in [0.2, 0.25) is 5.75 Å². The molecule has 0 saturated heterocycles. The van der Waals surface area contributed by atoms with Crippen LogP contribution in [0.15, 0.2) is 27.4 Å². The number of hydrogen-bond donors (Lipinski definition) is 0. The molecule has 166 valence electrons. The third-order valence-corrected chi connectivity index (χ3v) is 6.48. The molecule has 2 heterocycles. The summed E-state index contributed by atoms with van der Waals surface area (Å²) in [5.74, 6) is 1.43. The molecule has 0 unspecified atom stereocenters. The minimum Gasteiger partial charge on any atom is -0.493 e. The summed E-state index contributed by atoms with van der Waals surface area (Å²) in [7, 11) is 4.68. The van der Waals surface area contributed by atoms with E-state index in [2.05, 4.69) is 0 Å².